The van der Waals surface area contributed by atoms with Crippen LogP contribution in [0, 0.1) is 0 Å². The Hall–Kier alpha value is -1.86. The maximum Gasteiger partial charge on any atom is 0.317 e. The molecular weight excluding hydrogens is 274 g/mol. The third kappa shape index (κ3) is 5.57. The quantitative estimate of drug-likeness (QED) is 0.767. The lowest BCUT2D eigenvalue weighted by Crippen LogP contribution is -2.39. The van der Waals surface area contributed by atoms with E-state index in [1.54, 1.807) is 12.3 Å². The molecule has 1 aliphatic heterocycles. The fraction of sp³-hybridized carbons (Fsp3) is 0.571. The van der Waals surface area contributed by atoms with Crippen LogP contribution in [-0.2, 0) is 16.1 Å². The fourth-order valence-electron chi connectivity index (χ4n) is 2.39. The number of carbonyl (C=O) groups excluding carboxylic acids is 1. The van der Waals surface area contributed by atoms with Crippen LogP contribution in [-0.4, -0.2) is 66.1 Å². The average molecular weight is 295 g/mol. The van der Waals surface area contributed by atoms with Crippen molar-refractivity contribution < 1.29 is 19.1 Å². The number of carboxylic acid groups (broad SMARTS) is 1. The Balaban J connectivity index is 1.70. The molecule has 0 spiro atoms. The number of rotatable bonds is 6. The van der Waals surface area contributed by atoms with Crippen LogP contribution in [0.5, 0.6) is 0 Å². The van der Waals surface area contributed by atoms with Crippen molar-refractivity contribution in [3.05, 3.63) is 24.2 Å². The fourth-order valence-corrected chi connectivity index (χ4v) is 2.39. The number of nitrogens with zero attached hydrogens (tertiary/aromatic N) is 2. The summed E-state index contributed by atoms with van der Waals surface area (Å²) in [5, 5.41) is 11.6. The minimum absolute atomic E-state index is 0.0434. The summed E-state index contributed by atoms with van der Waals surface area (Å²) in [6.07, 6.45) is 2.45. The van der Waals surface area contributed by atoms with Crippen molar-refractivity contribution in [3.63, 3.8) is 0 Å². The van der Waals surface area contributed by atoms with E-state index in [4.69, 9.17) is 9.52 Å². The second-order valence-corrected chi connectivity index (χ2v) is 5.16. The lowest BCUT2D eigenvalue weighted by Gasteiger charge is -2.20. The predicted octanol–water partition coefficient (Wildman–Crippen LogP) is -0.0119. The third-order valence-corrected chi connectivity index (χ3v) is 3.45. The van der Waals surface area contributed by atoms with Crippen molar-refractivity contribution in [2.24, 2.45) is 0 Å². The van der Waals surface area contributed by atoms with Gasteiger partial charge in [0.2, 0.25) is 5.91 Å². The monoisotopic (exact) mass is 295 g/mol. The number of aliphatic carboxylic acids is 1. The smallest absolute Gasteiger partial charge is 0.317 e. The highest BCUT2D eigenvalue weighted by molar-refractivity contribution is 5.77. The van der Waals surface area contributed by atoms with Gasteiger partial charge in [-0.3, -0.25) is 19.4 Å². The lowest BCUT2D eigenvalue weighted by molar-refractivity contribution is -0.138. The second-order valence-electron chi connectivity index (χ2n) is 5.16. The Kier molecular flexibility index (Phi) is 5.77. The van der Waals surface area contributed by atoms with Crippen LogP contribution < -0.4 is 5.32 Å². The van der Waals surface area contributed by atoms with Gasteiger partial charge in [-0.2, -0.15) is 0 Å². The molecule has 7 heteroatoms. The molecule has 0 saturated carbocycles. The molecule has 1 fully saturated rings. The van der Waals surface area contributed by atoms with Gasteiger partial charge in [-0.05, 0) is 25.1 Å². The average Bonchev–Trinajstić information content (AvgIpc) is 2.86. The summed E-state index contributed by atoms with van der Waals surface area (Å²) < 4.78 is 5.15. The van der Waals surface area contributed by atoms with Crippen LogP contribution in [0.25, 0.3) is 0 Å². The molecule has 1 saturated heterocycles. The number of amides is 1. The van der Waals surface area contributed by atoms with Gasteiger partial charge in [-0.15, -0.1) is 0 Å². The lowest BCUT2D eigenvalue weighted by atomic mass is 10.3. The molecule has 1 aliphatic rings. The number of hydrogen-bond donors (Lipinski definition) is 2. The molecule has 2 heterocycles. The molecule has 1 aromatic heterocycles. The van der Waals surface area contributed by atoms with E-state index in [1.807, 2.05) is 11.0 Å². The third-order valence-electron chi connectivity index (χ3n) is 3.45. The Bertz CT molecular complexity index is 461. The summed E-state index contributed by atoms with van der Waals surface area (Å²) in [7, 11) is 0. The molecule has 2 N–H and O–H groups in total. The molecule has 0 atom stereocenters. The molecule has 1 amide bonds. The second kappa shape index (κ2) is 7.80. The summed E-state index contributed by atoms with van der Waals surface area (Å²) in [5.41, 5.74) is 0. The molecule has 1 aromatic rings. The Morgan fingerprint density at radius 3 is 2.52 bits per heavy atom. The molecule has 0 unspecified atom stereocenters. The van der Waals surface area contributed by atoms with Crippen LogP contribution in [0.2, 0.25) is 0 Å². The largest absolute Gasteiger partial charge is 0.480 e. The molecule has 0 aliphatic carbocycles. The van der Waals surface area contributed by atoms with Gasteiger partial charge in [0.15, 0.2) is 0 Å². The van der Waals surface area contributed by atoms with Crippen LogP contribution >= 0.6 is 0 Å². The van der Waals surface area contributed by atoms with Gasteiger partial charge in [0.05, 0.1) is 25.9 Å². The molecule has 7 nitrogen and oxygen atoms in total. The SMILES string of the molecule is O=C(O)CN1CCCN(CC(=O)NCc2ccco2)CC1. The maximum absolute atomic E-state index is 11.9. The first-order chi connectivity index (χ1) is 10.1. The molecule has 21 heavy (non-hydrogen) atoms. The van der Waals surface area contributed by atoms with E-state index in [-0.39, 0.29) is 12.5 Å². The molecule has 0 aromatic carbocycles. The summed E-state index contributed by atoms with van der Waals surface area (Å²) in [4.78, 5) is 26.5. The van der Waals surface area contributed by atoms with Crippen molar-refractivity contribution in [3.8, 4) is 0 Å². The molecule has 2 rings (SSSR count). The summed E-state index contributed by atoms with van der Waals surface area (Å²) in [6.45, 7) is 3.76. The van der Waals surface area contributed by atoms with Crippen LogP contribution in [0.4, 0.5) is 0 Å². The molecular formula is C14H21N3O4. The zero-order valence-electron chi connectivity index (χ0n) is 12.0. The van der Waals surface area contributed by atoms with E-state index in [0.29, 0.717) is 26.2 Å². The van der Waals surface area contributed by atoms with E-state index in [2.05, 4.69) is 10.2 Å². The topological polar surface area (TPSA) is 86.0 Å². The Labute approximate surface area is 123 Å². The minimum Gasteiger partial charge on any atom is -0.480 e. The Morgan fingerprint density at radius 2 is 1.90 bits per heavy atom. The van der Waals surface area contributed by atoms with Gasteiger partial charge in [-0.1, -0.05) is 0 Å². The van der Waals surface area contributed by atoms with Gasteiger partial charge in [0.1, 0.15) is 5.76 Å². The molecule has 0 bridgehead atoms. The van der Waals surface area contributed by atoms with Gasteiger partial charge in [0.25, 0.3) is 0 Å². The number of carboxylic acids is 1. The standard InChI is InChI=1S/C14H21N3O4/c18-13(15-9-12-3-1-8-21-12)10-16-4-2-5-17(7-6-16)11-14(19)20/h1,3,8H,2,4-7,9-11H2,(H,15,18)(H,19,20). The molecule has 116 valence electrons. The van der Waals surface area contributed by atoms with Crippen LogP contribution in [0.1, 0.15) is 12.2 Å². The summed E-state index contributed by atoms with van der Waals surface area (Å²) >= 11 is 0. The van der Waals surface area contributed by atoms with E-state index in [9.17, 15) is 9.59 Å². The zero-order valence-corrected chi connectivity index (χ0v) is 12.0. The van der Waals surface area contributed by atoms with Gasteiger partial charge >= 0.3 is 5.97 Å². The van der Waals surface area contributed by atoms with E-state index in [0.717, 1.165) is 25.3 Å². The number of hydrogen-bond acceptors (Lipinski definition) is 5. The highest BCUT2D eigenvalue weighted by Crippen LogP contribution is 2.03. The number of carbonyl (C=O) groups is 2. The Morgan fingerprint density at radius 1 is 1.19 bits per heavy atom. The highest BCUT2D eigenvalue weighted by atomic mass is 16.4. The highest BCUT2D eigenvalue weighted by Gasteiger charge is 2.18. The number of furan rings is 1. The van der Waals surface area contributed by atoms with Gasteiger partial charge in [-0.25, -0.2) is 0 Å². The first kappa shape index (κ1) is 15.5. The van der Waals surface area contributed by atoms with Gasteiger partial charge < -0.3 is 14.8 Å². The number of nitrogens with one attached hydrogen (secondary N) is 1. The van der Waals surface area contributed by atoms with Crippen LogP contribution in [0.3, 0.4) is 0 Å². The maximum atomic E-state index is 11.9. The van der Waals surface area contributed by atoms with E-state index < -0.39 is 5.97 Å². The van der Waals surface area contributed by atoms with Gasteiger partial charge in [0, 0.05) is 19.6 Å². The van der Waals surface area contributed by atoms with Crippen molar-refractivity contribution in [2.75, 3.05) is 39.3 Å². The van der Waals surface area contributed by atoms with Crippen LogP contribution in [0.15, 0.2) is 22.8 Å². The first-order valence-corrected chi connectivity index (χ1v) is 7.09. The summed E-state index contributed by atoms with van der Waals surface area (Å²) in [5.74, 6) is -0.121. The van der Waals surface area contributed by atoms with E-state index in [1.165, 1.54) is 0 Å². The van der Waals surface area contributed by atoms with E-state index >= 15 is 0 Å². The van der Waals surface area contributed by atoms with Crippen molar-refractivity contribution >= 4 is 11.9 Å². The minimum atomic E-state index is -0.806. The zero-order chi connectivity index (χ0) is 15.1. The normalized spacial score (nSPS) is 17.3. The van der Waals surface area contributed by atoms with Crippen molar-refractivity contribution in [2.45, 2.75) is 13.0 Å². The molecule has 0 radical (unpaired) electrons. The predicted molar refractivity (Wildman–Crippen MR) is 75.7 cm³/mol. The first-order valence-electron chi connectivity index (χ1n) is 7.09. The summed E-state index contributed by atoms with van der Waals surface area (Å²) in [6, 6.07) is 3.60. The van der Waals surface area contributed by atoms with Crippen molar-refractivity contribution in [1.29, 1.82) is 0 Å². The van der Waals surface area contributed by atoms with Crippen molar-refractivity contribution in [1.82, 2.24) is 15.1 Å².